The minimum absolute atomic E-state index is 0.0130. The second kappa shape index (κ2) is 9.68. The van der Waals surface area contributed by atoms with Gasteiger partial charge in [0.05, 0.1) is 18.3 Å². The maximum Gasteiger partial charge on any atom is 0.332 e. The summed E-state index contributed by atoms with van der Waals surface area (Å²) < 4.78 is 55.6. The fourth-order valence-electron chi connectivity index (χ4n) is 4.83. The Morgan fingerprint density at radius 1 is 1.07 bits per heavy atom. The maximum absolute atomic E-state index is 13.6. The summed E-state index contributed by atoms with van der Waals surface area (Å²) >= 11 is 6.25. The lowest BCUT2D eigenvalue weighted by Crippen LogP contribution is -2.38. The molecule has 17 heteroatoms. The number of hydrogen-bond acceptors (Lipinski definition) is 8. The summed E-state index contributed by atoms with van der Waals surface area (Å²) in [6, 6.07) is 4.76. The largest absolute Gasteiger partial charge is 0.332 e. The molecule has 0 aliphatic rings. The van der Waals surface area contributed by atoms with E-state index in [9.17, 15) is 26.4 Å². The van der Waals surface area contributed by atoms with Crippen LogP contribution in [0.25, 0.3) is 33.5 Å². The molecular weight excluding hydrogens is 596 g/mol. The quantitative estimate of drug-likeness (QED) is 0.280. The first-order valence-electron chi connectivity index (χ1n) is 12.3. The average molecular weight is 623 g/mol. The molecule has 14 nitrogen and oxygen atoms in total. The molecule has 0 unspecified atom stereocenters. The number of nitrogens with two attached hydrogens (primary N) is 1. The molecule has 0 saturated carbocycles. The second-order valence-corrected chi connectivity index (χ2v) is 14.1. The molecule has 0 radical (unpaired) electrons. The lowest BCUT2D eigenvalue weighted by molar-refractivity contribution is 0.498. The van der Waals surface area contributed by atoms with Gasteiger partial charge in [-0.3, -0.25) is 18.6 Å². The van der Waals surface area contributed by atoms with Crippen LogP contribution >= 0.6 is 11.6 Å². The highest BCUT2D eigenvalue weighted by Crippen LogP contribution is 2.31. The van der Waals surface area contributed by atoms with Crippen LogP contribution in [0.1, 0.15) is 19.4 Å². The molecular formula is C24H27ClN8O6S2. The Morgan fingerprint density at radius 3 is 2.34 bits per heavy atom. The molecule has 0 aliphatic carbocycles. The number of aryl methyl sites for hydroxylation is 1. The molecule has 41 heavy (non-hydrogen) atoms. The van der Waals surface area contributed by atoms with Crippen molar-refractivity contribution in [3.63, 3.8) is 0 Å². The summed E-state index contributed by atoms with van der Waals surface area (Å²) in [5, 5.41) is 10.5. The van der Waals surface area contributed by atoms with Gasteiger partial charge in [0.1, 0.15) is 11.1 Å². The highest BCUT2D eigenvalue weighted by Gasteiger charge is 2.28. The van der Waals surface area contributed by atoms with Gasteiger partial charge < -0.3 is 4.57 Å². The van der Waals surface area contributed by atoms with Crippen LogP contribution in [0.3, 0.4) is 0 Å². The first-order chi connectivity index (χ1) is 19.0. The van der Waals surface area contributed by atoms with E-state index in [-0.39, 0.29) is 41.6 Å². The first kappa shape index (κ1) is 28.8. The van der Waals surface area contributed by atoms with Gasteiger partial charge in [-0.05, 0) is 24.1 Å². The number of fused-ring (bicyclic) bond motifs is 2. The lowest BCUT2D eigenvalue weighted by Gasteiger charge is -2.10. The summed E-state index contributed by atoms with van der Waals surface area (Å²) in [5.74, 6) is 0.0623. The number of halogens is 1. The molecule has 2 N–H and O–H groups in total. The molecule has 5 aromatic rings. The molecule has 4 aromatic heterocycles. The SMILES string of the molecule is CC(C)Cn1c(=O)n(C)c(=O)c2c(-c3nc(S(N)(=O)=O)cn3C)n(Cc3cn(S(C)(=O)=O)c4ccc(Cl)cc34)nc21. The Balaban J connectivity index is 1.90. The fraction of sp³-hybridized carbons (Fsp3) is 0.333. The van der Waals surface area contributed by atoms with E-state index in [4.69, 9.17) is 16.7 Å². The molecule has 0 spiro atoms. The average Bonchev–Trinajstić information content (AvgIpc) is 3.53. The van der Waals surface area contributed by atoms with Gasteiger partial charge in [0.25, 0.3) is 15.6 Å². The van der Waals surface area contributed by atoms with Crippen molar-refractivity contribution >= 4 is 53.6 Å². The van der Waals surface area contributed by atoms with Crippen LogP contribution in [0, 0.1) is 5.92 Å². The van der Waals surface area contributed by atoms with Crippen LogP contribution in [-0.4, -0.2) is 55.5 Å². The first-order valence-corrected chi connectivity index (χ1v) is 16.0. The molecule has 0 amide bonds. The molecule has 0 saturated heterocycles. The number of hydrogen-bond donors (Lipinski definition) is 1. The summed E-state index contributed by atoms with van der Waals surface area (Å²) in [5.41, 5.74) is -0.167. The Kier molecular flexibility index (Phi) is 6.80. The number of benzene rings is 1. The second-order valence-electron chi connectivity index (χ2n) is 10.3. The Labute approximate surface area is 239 Å². The van der Waals surface area contributed by atoms with Crippen LogP contribution < -0.4 is 16.4 Å². The van der Waals surface area contributed by atoms with E-state index in [1.54, 1.807) is 18.2 Å². The van der Waals surface area contributed by atoms with Crippen LogP contribution in [0.2, 0.25) is 5.02 Å². The van der Waals surface area contributed by atoms with E-state index in [2.05, 4.69) is 10.1 Å². The Bertz CT molecular complexity index is 2220. The minimum Gasteiger partial charge on any atom is -0.331 e. The highest BCUT2D eigenvalue weighted by molar-refractivity contribution is 7.89. The van der Waals surface area contributed by atoms with E-state index in [1.165, 1.54) is 40.3 Å². The molecule has 1 aromatic carbocycles. The van der Waals surface area contributed by atoms with Crippen molar-refractivity contribution in [1.82, 2.24) is 32.4 Å². The van der Waals surface area contributed by atoms with Crippen LogP contribution in [-0.2, 0) is 47.2 Å². The lowest BCUT2D eigenvalue weighted by atomic mass is 10.1. The van der Waals surface area contributed by atoms with E-state index >= 15 is 0 Å². The molecule has 218 valence electrons. The molecule has 0 aliphatic heterocycles. The minimum atomic E-state index is -4.20. The number of primary sulfonamides is 1. The third-order valence-electron chi connectivity index (χ3n) is 6.62. The van der Waals surface area contributed by atoms with E-state index < -0.39 is 36.3 Å². The number of sulfonamides is 1. The maximum atomic E-state index is 13.6. The third-order valence-corrected chi connectivity index (χ3v) is 8.66. The topological polar surface area (TPSA) is 179 Å². The van der Waals surface area contributed by atoms with Gasteiger partial charge in [0.15, 0.2) is 16.5 Å². The normalized spacial score (nSPS) is 12.8. The fourth-order valence-corrected chi connectivity index (χ4v) is 6.35. The standard InChI is InChI=1S/C24H27ClN8O6S2/c1-13(2)9-31-21-19(23(34)30(4)24(31)35)20(22-27-18(12-29(22)3)41(26,38)39)32(28-21)10-14-11-33(40(5,36)37)17-7-6-15(25)8-16(14)17/h6-8,11-13H,9-10H2,1-5H3,(H2,26,38,39). The van der Waals surface area contributed by atoms with Gasteiger partial charge in [-0.15, -0.1) is 0 Å². The summed E-state index contributed by atoms with van der Waals surface area (Å²) in [6.45, 7) is 3.97. The van der Waals surface area contributed by atoms with E-state index in [1.807, 2.05) is 13.8 Å². The molecule has 4 heterocycles. The predicted molar refractivity (Wildman–Crippen MR) is 154 cm³/mol. The third kappa shape index (κ3) is 4.90. The van der Waals surface area contributed by atoms with Crippen molar-refractivity contribution in [3.8, 4) is 11.5 Å². The Morgan fingerprint density at radius 2 is 1.76 bits per heavy atom. The van der Waals surface area contributed by atoms with Gasteiger partial charge in [-0.25, -0.2) is 35.7 Å². The van der Waals surface area contributed by atoms with Crippen molar-refractivity contribution in [2.45, 2.75) is 32.0 Å². The van der Waals surface area contributed by atoms with Crippen molar-refractivity contribution in [2.24, 2.45) is 25.2 Å². The van der Waals surface area contributed by atoms with Crippen molar-refractivity contribution in [3.05, 3.63) is 62.0 Å². The van der Waals surface area contributed by atoms with Gasteiger partial charge in [0.2, 0.25) is 10.0 Å². The zero-order chi connectivity index (χ0) is 30.2. The number of rotatable bonds is 7. The van der Waals surface area contributed by atoms with Gasteiger partial charge >= 0.3 is 5.69 Å². The molecule has 0 fully saturated rings. The van der Waals surface area contributed by atoms with Crippen LogP contribution in [0.4, 0.5) is 0 Å². The highest BCUT2D eigenvalue weighted by atomic mass is 35.5. The Hall–Kier alpha value is -3.73. The molecule has 0 bridgehead atoms. The van der Waals surface area contributed by atoms with E-state index in [0.29, 0.717) is 21.5 Å². The number of nitrogens with zero attached hydrogens (tertiary/aromatic N) is 7. The van der Waals surface area contributed by atoms with Crippen LogP contribution in [0.15, 0.2) is 45.2 Å². The molecule has 0 atom stereocenters. The summed E-state index contributed by atoms with van der Waals surface area (Å²) in [4.78, 5) is 30.9. The number of aromatic nitrogens is 7. The predicted octanol–water partition coefficient (Wildman–Crippen LogP) is 1.06. The van der Waals surface area contributed by atoms with Gasteiger partial charge in [-0.1, -0.05) is 25.4 Å². The van der Waals surface area contributed by atoms with Crippen molar-refractivity contribution in [2.75, 3.05) is 6.26 Å². The molecule has 5 rings (SSSR count). The summed E-state index contributed by atoms with van der Waals surface area (Å²) in [7, 11) is -5.03. The van der Waals surface area contributed by atoms with Crippen LogP contribution in [0.5, 0.6) is 0 Å². The van der Waals surface area contributed by atoms with Gasteiger partial charge in [-0.2, -0.15) is 5.10 Å². The smallest absolute Gasteiger partial charge is 0.331 e. The number of imidazole rings is 1. The van der Waals surface area contributed by atoms with E-state index in [0.717, 1.165) is 14.8 Å². The monoisotopic (exact) mass is 622 g/mol. The van der Waals surface area contributed by atoms with Gasteiger partial charge in [0, 0.05) is 49.0 Å². The zero-order valence-corrected chi connectivity index (χ0v) is 25.1. The summed E-state index contributed by atoms with van der Waals surface area (Å²) in [6.07, 6.45) is 3.70. The van der Waals surface area contributed by atoms with Crippen molar-refractivity contribution in [1.29, 1.82) is 0 Å². The zero-order valence-electron chi connectivity index (χ0n) is 22.7. The van der Waals surface area contributed by atoms with Crippen molar-refractivity contribution < 1.29 is 16.8 Å².